The summed E-state index contributed by atoms with van der Waals surface area (Å²) in [6, 6.07) is 2.14. The van der Waals surface area contributed by atoms with Gasteiger partial charge in [0.05, 0.1) is 12.0 Å². The van der Waals surface area contributed by atoms with E-state index in [9.17, 15) is 0 Å². The van der Waals surface area contributed by atoms with Gasteiger partial charge in [-0.2, -0.15) is 4.98 Å². The molecule has 0 unspecified atom stereocenters. The van der Waals surface area contributed by atoms with Crippen LogP contribution in [0, 0.1) is 5.92 Å². The lowest BCUT2D eigenvalue weighted by molar-refractivity contribution is 0.283. The number of rotatable bonds is 6. The molecule has 2 rings (SSSR count). The molecule has 5 heteroatoms. The van der Waals surface area contributed by atoms with Gasteiger partial charge in [0, 0.05) is 11.9 Å². The third-order valence-corrected chi connectivity index (χ3v) is 4.09. The molecule has 4 nitrogen and oxygen atoms in total. The van der Waals surface area contributed by atoms with E-state index in [0.717, 1.165) is 23.1 Å². The van der Waals surface area contributed by atoms with Gasteiger partial charge in [0.15, 0.2) is 0 Å². The maximum absolute atomic E-state index is 5.85. The van der Waals surface area contributed by atoms with Crippen molar-refractivity contribution in [2.45, 2.75) is 33.6 Å². The van der Waals surface area contributed by atoms with E-state index >= 15 is 0 Å². The largest absolute Gasteiger partial charge is 0.477 e. The van der Waals surface area contributed by atoms with Gasteiger partial charge in [0.1, 0.15) is 4.83 Å². The van der Waals surface area contributed by atoms with Crippen molar-refractivity contribution in [1.82, 2.24) is 9.97 Å². The van der Waals surface area contributed by atoms with Gasteiger partial charge in [-0.15, -0.1) is 11.3 Å². The van der Waals surface area contributed by atoms with Crippen molar-refractivity contribution in [2.24, 2.45) is 5.92 Å². The van der Waals surface area contributed by atoms with Crippen molar-refractivity contribution in [3.8, 4) is 5.88 Å². The summed E-state index contributed by atoms with van der Waals surface area (Å²) in [4.78, 5) is 11.2. The minimum absolute atomic E-state index is 0.622. The highest BCUT2D eigenvalue weighted by atomic mass is 32.1. The van der Waals surface area contributed by atoms with Gasteiger partial charge in [0.2, 0.25) is 11.8 Å². The number of aromatic nitrogens is 2. The molecule has 2 aromatic heterocycles. The zero-order valence-corrected chi connectivity index (χ0v) is 12.8. The van der Waals surface area contributed by atoms with Gasteiger partial charge in [-0.05, 0) is 24.8 Å². The van der Waals surface area contributed by atoms with Gasteiger partial charge in [-0.3, -0.25) is 0 Å². The average molecular weight is 279 g/mol. The summed E-state index contributed by atoms with van der Waals surface area (Å²) < 4.78 is 5.85. The van der Waals surface area contributed by atoms with Crippen LogP contribution in [0.2, 0.25) is 0 Å². The number of hydrogen-bond acceptors (Lipinski definition) is 5. The van der Waals surface area contributed by atoms with Crippen molar-refractivity contribution in [3.63, 3.8) is 0 Å². The van der Waals surface area contributed by atoms with Crippen molar-refractivity contribution in [3.05, 3.63) is 10.9 Å². The Morgan fingerprint density at radius 1 is 1.37 bits per heavy atom. The van der Waals surface area contributed by atoms with E-state index < -0.39 is 0 Å². The van der Waals surface area contributed by atoms with Gasteiger partial charge in [-0.1, -0.05) is 20.8 Å². The van der Waals surface area contributed by atoms with Crippen molar-refractivity contribution in [2.75, 3.05) is 19.0 Å². The second-order valence-corrected chi connectivity index (χ2v) is 6.03. The third kappa shape index (κ3) is 3.35. The molecule has 0 spiro atoms. The smallest absolute Gasteiger partial charge is 0.227 e. The van der Waals surface area contributed by atoms with Gasteiger partial charge >= 0.3 is 0 Å². The normalized spacial score (nSPS) is 11.2. The summed E-state index contributed by atoms with van der Waals surface area (Å²) >= 11 is 1.71. The van der Waals surface area contributed by atoms with Crippen LogP contribution in [-0.4, -0.2) is 23.6 Å². The number of ether oxygens (including phenoxy) is 1. The lowest BCUT2D eigenvalue weighted by Gasteiger charge is -2.09. The van der Waals surface area contributed by atoms with Crippen LogP contribution in [0.4, 0.5) is 5.95 Å². The van der Waals surface area contributed by atoms with Crippen molar-refractivity contribution in [1.29, 1.82) is 0 Å². The molecule has 0 saturated heterocycles. The summed E-state index contributed by atoms with van der Waals surface area (Å²) in [5.74, 6) is 1.96. The fraction of sp³-hybridized carbons (Fsp3) is 0.571. The molecule has 0 aliphatic heterocycles. The number of thiophene rings is 1. The summed E-state index contributed by atoms with van der Waals surface area (Å²) in [5.41, 5.74) is 0. The fourth-order valence-corrected chi connectivity index (χ4v) is 2.69. The number of aryl methyl sites for hydroxylation is 1. The van der Waals surface area contributed by atoms with Crippen LogP contribution >= 0.6 is 11.3 Å². The molecule has 2 aromatic rings. The Hall–Kier alpha value is -1.36. The molecular weight excluding hydrogens is 258 g/mol. The van der Waals surface area contributed by atoms with Crippen LogP contribution in [0.3, 0.4) is 0 Å². The molecule has 0 aromatic carbocycles. The number of anilines is 1. The topological polar surface area (TPSA) is 47.0 Å². The van der Waals surface area contributed by atoms with Gasteiger partial charge in [0.25, 0.3) is 0 Å². The highest BCUT2D eigenvalue weighted by Crippen LogP contribution is 2.31. The van der Waals surface area contributed by atoms with E-state index in [4.69, 9.17) is 4.74 Å². The van der Waals surface area contributed by atoms with Crippen LogP contribution in [0.5, 0.6) is 5.88 Å². The first-order chi connectivity index (χ1) is 9.13. The Kier molecular flexibility index (Phi) is 4.58. The average Bonchev–Trinajstić information content (AvgIpc) is 2.81. The van der Waals surface area contributed by atoms with Crippen molar-refractivity contribution < 1.29 is 4.74 Å². The summed E-state index contributed by atoms with van der Waals surface area (Å²) in [5, 5.41) is 4.02. The standard InChI is InChI=1S/C14H21N3OS/c1-5-10-8-11-12(18-7-6-9(2)3)16-14(15-4)17-13(11)19-10/h8-9H,5-7H2,1-4H3,(H,15,16,17). The molecule has 0 radical (unpaired) electrons. The lowest BCUT2D eigenvalue weighted by Crippen LogP contribution is -2.05. The lowest BCUT2D eigenvalue weighted by atomic mass is 10.1. The van der Waals surface area contributed by atoms with Crippen LogP contribution in [0.15, 0.2) is 6.07 Å². The van der Waals surface area contributed by atoms with Crippen LogP contribution in [-0.2, 0) is 6.42 Å². The Morgan fingerprint density at radius 2 is 2.16 bits per heavy atom. The molecule has 19 heavy (non-hydrogen) atoms. The highest BCUT2D eigenvalue weighted by Gasteiger charge is 2.12. The van der Waals surface area contributed by atoms with E-state index in [2.05, 4.69) is 42.1 Å². The molecule has 1 N–H and O–H groups in total. The molecule has 0 bridgehead atoms. The molecule has 0 saturated carbocycles. The minimum Gasteiger partial charge on any atom is -0.477 e. The molecule has 0 aliphatic carbocycles. The van der Waals surface area contributed by atoms with Gasteiger partial charge < -0.3 is 10.1 Å². The molecule has 2 heterocycles. The second-order valence-electron chi connectivity index (χ2n) is 4.92. The van der Waals surface area contributed by atoms with E-state index in [0.29, 0.717) is 24.4 Å². The molecule has 0 amide bonds. The van der Waals surface area contributed by atoms with E-state index in [1.807, 2.05) is 7.05 Å². The van der Waals surface area contributed by atoms with Crippen molar-refractivity contribution >= 4 is 27.5 Å². The SMILES string of the molecule is CCc1cc2c(OCCC(C)C)nc(NC)nc2s1. The quantitative estimate of drug-likeness (QED) is 0.875. The predicted molar refractivity (Wildman–Crippen MR) is 81.3 cm³/mol. The number of nitrogens with zero attached hydrogens (tertiary/aromatic N) is 2. The first kappa shape index (κ1) is 14.1. The molecule has 0 aliphatic rings. The predicted octanol–water partition coefficient (Wildman–Crippen LogP) is 3.72. The highest BCUT2D eigenvalue weighted by molar-refractivity contribution is 7.18. The Balaban J connectivity index is 2.30. The Labute approximate surface area is 118 Å². The third-order valence-electron chi connectivity index (χ3n) is 2.91. The van der Waals surface area contributed by atoms with Crippen LogP contribution in [0.1, 0.15) is 32.1 Å². The number of hydrogen-bond donors (Lipinski definition) is 1. The summed E-state index contributed by atoms with van der Waals surface area (Å²) in [7, 11) is 1.83. The van der Waals surface area contributed by atoms with E-state index in [-0.39, 0.29) is 0 Å². The number of fused-ring (bicyclic) bond motifs is 1. The molecular formula is C14H21N3OS. The fourth-order valence-electron chi connectivity index (χ4n) is 1.73. The Bertz CT molecular complexity index is 551. The molecule has 0 atom stereocenters. The Morgan fingerprint density at radius 3 is 2.79 bits per heavy atom. The second kappa shape index (κ2) is 6.19. The summed E-state index contributed by atoms with van der Waals surface area (Å²) in [6.07, 6.45) is 2.05. The zero-order valence-electron chi connectivity index (χ0n) is 12.0. The first-order valence-electron chi connectivity index (χ1n) is 6.75. The van der Waals surface area contributed by atoms with E-state index in [1.165, 1.54) is 4.88 Å². The first-order valence-corrected chi connectivity index (χ1v) is 7.56. The minimum atomic E-state index is 0.622. The monoisotopic (exact) mass is 279 g/mol. The van der Waals surface area contributed by atoms with Crippen LogP contribution < -0.4 is 10.1 Å². The molecule has 104 valence electrons. The van der Waals surface area contributed by atoms with E-state index in [1.54, 1.807) is 11.3 Å². The number of nitrogens with one attached hydrogen (secondary N) is 1. The zero-order chi connectivity index (χ0) is 13.8. The van der Waals surface area contributed by atoms with Crippen LogP contribution in [0.25, 0.3) is 10.2 Å². The van der Waals surface area contributed by atoms with Gasteiger partial charge in [-0.25, -0.2) is 4.98 Å². The maximum atomic E-state index is 5.85. The maximum Gasteiger partial charge on any atom is 0.227 e. The molecule has 0 fully saturated rings. The summed E-state index contributed by atoms with van der Waals surface area (Å²) in [6.45, 7) is 7.23.